The molecule has 0 saturated carbocycles. The zero-order chi connectivity index (χ0) is 16.1. The molecule has 2 aromatic rings. The first-order valence-corrected chi connectivity index (χ1v) is 6.87. The van der Waals surface area contributed by atoms with Gasteiger partial charge in [-0.05, 0) is 29.3 Å². The number of hydrogen-bond donors (Lipinski definition) is 0. The highest BCUT2D eigenvalue weighted by Gasteiger charge is 2.32. The average Bonchev–Trinajstić information content (AvgIpc) is 3.04. The second-order valence-electron chi connectivity index (χ2n) is 5.21. The zero-order valence-corrected chi connectivity index (χ0v) is 12.0. The first-order valence-electron chi connectivity index (χ1n) is 6.87. The van der Waals surface area contributed by atoms with Gasteiger partial charge in [0, 0.05) is 12.7 Å². The van der Waals surface area contributed by atoms with Gasteiger partial charge in [-0.2, -0.15) is 0 Å². The van der Waals surface area contributed by atoms with E-state index in [1.165, 1.54) is 7.11 Å². The van der Waals surface area contributed by atoms with Crippen LogP contribution in [0.15, 0.2) is 36.4 Å². The molecule has 6 heteroatoms. The summed E-state index contributed by atoms with van der Waals surface area (Å²) in [5.41, 5.74) is 2.99. The fraction of sp³-hybridized carbons (Fsp3) is 0.118. The first-order chi connectivity index (χ1) is 11.1. The van der Waals surface area contributed by atoms with Crippen molar-refractivity contribution in [1.82, 2.24) is 0 Å². The molecule has 2 aliphatic rings. The molecule has 0 saturated heterocycles. The van der Waals surface area contributed by atoms with E-state index in [0.29, 0.717) is 16.7 Å². The number of esters is 3. The van der Waals surface area contributed by atoms with Crippen LogP contribution in [0.5, 0.6) is 0 Å². The Bertz CT molecular complexity index is 883. The van der Waals surface area contributed by atoms with Crippen molar-refractivity contribution in [3.8, 4) is 11.1 Å². The molecule has 0 aromatic heterocycles. The van der Waals surface area contributed by atoms with E-state index in [1.54, 1.807) is 36.4 Å². The van der Waals surface area contributed by atoms with Gasteiger partial charge in [-0.1, -0.05) is 18.2 Å². The third-order valence-electron chi connectivity index (χ3n) is 3.93. The predicted octanol–water partition coefficient (Wildman–Crippen LogP) is 2.48. The van der Waals surface area contributed by atoms with Crippen LogP contribution in [-0.4, -0.2) is 25.0 Å². The fourth-order valence-corrected chi connectivity index (χ4v) is 2.78. The van der Waals surface area contributed by atoms with Crippen molar-refractivity contribution in [3.05, 3.63) is 58.7 Å². The second-order valence-corrected chi connectivity index (χ2v) is 5.21. The monoisotopic (exact) mass is 310 g/mol. The van der Waals surface area contributed by atoms with Crippen LogP contribution in [0, 0.1) is 0 Å². The van der Waals surface area contributed by atoms with Crippen LogP contribution < -0.4 is 0 Å². The van der Waals surface area contributed by atoms with Gasteiger partial charge in [-0.25, -0.2) is 14.4 Å². The Balaban J connectivity index is 1.80. The van der Waals surface area contributed by atoms with Gasteiger partial charge in [0.25, 0.3) is 0 Å². The number of hydrogen-bond acceptors (Lipinski definition) is 6. The minimum atomic E-state index is -0.695. The van der Waals surface area contributed by atoms with Gasteiger partial charge in [0.2, 0.25) is 6.29 Å². The van der Waals surface area contributed by atoms with Gasteiger partial charge in [0.1, 0.15) is 0 Å². The number of methoxy groups -OCH3 is 1. The molecule has 6 nitrogen and oxygen atoms in total. The van der Waals surface area contributed by atoms with Crippen LogP contribution in [0.4, 0.5) is 0 Å². The summed E-state index contributed by atoms with van der Waals surface area (Å²) in [6.45, 7) is 0. The molecule has 1 atom stereocenters. The zero-order valence-electron chi connectivity index (χ0n) is 12.0. The third kappa shape index (κ3) is 1.96. The van der Waals surface area contributed by atoms with Gasteiger partial charge in [0.05, 0.1) is 16.7 Å². The minimum Gasteiger partial charge on any atom is -0.428 e. The molecule has 0 aliphatic carbocycles. The SMILES string of the molecule is COC1OC(=O)c2cc(-c3ccc4c(c3)C(=O)OC4=O)ccc21. The summed E-state index contributed by atoms with van der Waals surface area (Å²) in [4.78, 5) is 35.0. The van der Waals surface area contributed by atoms with Gasteiger partial charge >= 0.3 is 17.9 Å². The van der Waals surface area contributed by atoms with E-state index >= 15 is 0 Å². The van der Waals surface area contributed by atoms with Crippen LogP contribution in [0.2, 0.25) is 0 Å². The molecule has 0 bridgehead atoms. The van der Waals surface area contributed by atoms with Crippen LogP contribution in [-0.2, 0) is 14.2 Å². The Kier molecular flexibility index (Phi) is 2.82. The Morgan fingerprint density at radius 3 is 2.22 bits per heavy atom. The second kappa shape index (κ2) is 4.76. The van der Waals surface area contributed by atoms with Crippen LogP contribution in [0.3, 0.4) is 0 Å². The summed E-state index contributed by atoms with van der Waals surface area (Å²) in [5.74, 6) is -1.76. The Hall–Kier alpha value is -2.99. The van der Waals surface area contributed by atoms with Crippen molar-refractivity contribution in [1.29, 1.82) is 0 Å². The molecule has 0 fully saturated rings. The molecule has 0 radical (unpaired) electrons. The number of cyclic esters (lactones) is 3. The lowest BCUT2D eigenvalue weighted by Crippen LogP contribution is -1.99. The lowest BCUT2D eigenvalue weighted by atomic mass is 9.97. The smallest absolute Gasteiger partial charge is 0.346 e. The van der Waals surface area contributed by atoms with Crippen molar-refractivity contribution in [2.24, 2.45) is 0 Å². The molecule has 2 aromatic carbocycles. The van der Waals surface area contributed by atoms with E-state index in [0.717, 1.165) is 5.56 Å². The van der Waals surface area contributed by atoms with Gasteiger partial charge in [-0.3, -0.25) is 0 Å². The molecule has 1 unspecified atom stereocenters. The number of rotatable bonds is 2. The fourth-order valence-electron chi connectivity index (χ4n) is 2.78. The van der Waals surface area contributed by atoms with E-state index in [4.69, 9.17) is 9.47 Å². The summed E-state index contributed by atoms with van der Waals surface area (Å²) in [6, 6.07) is 10.1. The molecule has 4 rings (SSSR count). The summed E-state index contributed by atoms with van der Waals surface area (Å²) in [5, 5.41) is 0. The maximum Gasteiger partial charge on any atom is 0.346 e. The van der Waals surface area contributed by atoms with Crippen molar-refractivity contribution >= 4 is 17.9 Å². The lowest BCUT2D eigenvalue weighted by Gasteiger charge is -2.08. The van der Waals surface area contributed by atoms with E-state index < -0.39 is 24.2 Å². The molecule has 23 heavy (non-hydrogen) atoms. The summed E-state index contributed by atoms with van der Waals surface area (Å²) in [6.07, 6.45) is -0.695. The van der Waals surface area contributed by atoms with Crippen LogP contribution in [0.25, 0.3) is 11.1 Å². The molecular weight excluding hydrogens is 300 g/mol. The summed E-state index contributed by atoms with van der Waals surface area (Å²) in [7, 11) is 1.46. The van der Waals surface area contributed by atoms with Crippen LogP contribution >= 0.6 is 0 Å². The Morgan fingerprint density at radius 1 is 0.826 bits per heavy atom. The molecule has 0 spiro atoms. The standard InChI is InChI=1S/C17H10O6/c1-21-17-11-5-3-9(7-13(11)16(20)23-17)8-2-4-10-12(6-8)15(19)22-14(10)18/h2-7,17H,1H3. The van der Waals surface area contributed by atoms with Crippen molar-refractivity contribution in [2.45, 2.75) is 6.29 Å². The van der Waals surface area contributed by atoms with E-state index in [-0.39, 0.29) is 11.1 Å². The van der Waals surface area contributed by atoms with E-state index in [2.05, 4.69) is 4.74 Å². The molecule has 2 heterocycles. The molecule has 0 amide bonds. The van der Waals surface area contributed by atoms with Crippen molar-refractivity contribution in [2.75, 3.05) is 7.11 Å². The Labute approximate surface area is 130 Å². The van der Waals surface area contributed by atoms with Gasteiger partial charge < -0.3 is 14.2 Å². The number of benzene rings is 2. The number of fused-ring (bicyclic) bond motifs is 2. The minimum absolute atomic E-state index is 0.227. The maximum absolute atomic E-state index is 11.9. The first kappa shape index (κ1) is 13.7. The highest BCUT2D eigenvalue weighted by Crippen LogP contribution is 2.35. The topological polar surface area (TPSA) is 78.9 Å². The highest BCUT2D eigenvalue weighted by atomic mass is 16.7. The lowest BCUT2D eigenvalue weighted by molar-refractivity contribution is -0.0815. The molecule has 114 valence electrons. The molecular formula is C17H10O6. The Morgan fingerprint density at radius 2 is 1.48 bits per heavy atom. The van der Waals surface area contributed by atoms with E-state index in [1.807, 2.05) is 0 Å². The average molecular weight is 310 g/mol. The predicted molar refractivity (Wildman–Crippen MR) is 76.8 cm³/mol. The van der Waals surface area contributed by atoms with Crippen molar-refractivity contribution < 1.29 is 28.6 Å². The summed E-state index contributed by atoms with van der Waals surface area (Å²) >= 11 is 0. The highest BCUT2D eigenvalue weighted by molar-refractivity contribution is 6.15. The number of ether oxygens (including phenoxy) is 3. The summed E-state index contributed by atoms with van der Waals surface area (Å²) < 4.78 is 14.8. The third-order valence-corrected chi connectivity index (χ3v) is 3.93. The van der Waals surface area contributed by atoms with Crippen LogP contribution in [0.1, 0.15) is 42.9 Å². The maximum atomic E-state index is 11.9. The van der Waals surface area contributed by atoms with Crippen molar-refractivity contribution in [3.63, 3.8) is 0 Å². The van der Waals surface area contributed by atoms with E-state index in [9.17, 15) is 14.4 Å². The molecule has 2 aliphatic heterocycles. The largest absolute Gasteiger partial charge is 0.428 e. The van der Waals surface area contributed by atoms with Gasteiger partial charge in [-0.15, -0.1) is 0 Å². The number of carbonyl (C=O) groups is 3. The number of carbonyl (C=O) groups excluding carboxylic acids is 3. The molecule has 0 N–H and O–H groups in total. The normalized spacial score (nSPS) is 18.5. The van der Waals surface area contributed by atoms with Gasteiger partial charge in [0.15, 0.2) is 0 Å². The quantitative estimate of drug-likeness (QED) is 0.626.